The van der Waals surface area contributed by atoms with E-state index in [0.29, 0.717) is 36.3 Å². The lowest BCUT2D eigenvalue weighted by Gasteiger charge is -2.40. The van der Waals surface area contributed by atoms with Gasteiger partial charge < -0.3 is 20.3 Å². The third-order valence-electron chi connectivity index (χ3n) is 3.98. The zero-order valence-corrected chi connectivity index (χ0v) is 18.6. The van der Waals surface area contributed by atoms with Gasteiger partial charge in [-0.2, -0.15) is 4.31 Å². The van der Waals surface area contributed by atoms with Crippen LogP contribution in [0.15, 0.2) is 26.7 Å². The molecule has 0 radical (unpaired) electrons. The van der Waals surface area contributed by atoms with Gasteiger partial charge in [-0.25, -0.2) is 13.2 Å². The maximum atomic E-state index is 12.4. The summed E-state index contributed by atoms with van der Waals surface area (Å²) in [6.07, 6.45) is -0.325. The lowest BCUT2D eigenvalue weighted by atomic mass is 10.1. The van der Waals surface area contributed by atoms with Gasteiger partial charge in [0.1, 0.15) is 9.81 Å². The maximum Gasteiger partial charge on any atom is 0.410 e. The summed E-state index contributed by atoms with van der Waals surface area (Å²) in [4.78, 5) is 17.7. The summed E-state index contributed by atoms with van der Waals surface area (Å²) in [7, 11) is -0.258. The Morgan fingerprint density at radius 2 is 2.11 bits per heavy atom. The van der Waals surface area contributed by atoms with E-state index in [0.717, 1.165) is 0 Å². The zero-order valence-electron chi connectivity index (χ0n) is 16.9. The van der Waals surface area contributed by atoms with Gasteiger partial charge in [0.05, 0.1) is 6.04 Å². The minimum atomic E-state index is -3.46. The van der Waals surface area contributed by atoms with E-state index < -0.39 is 15.6 Å². The van der Waals surface area contributed by atoms with Crippen LogP contribution in [-0.4, -0.2) is 81.6 Å². The smallest absolute Gasteiger partial charge is 0.410 e. The average molecular weight is 432 g/mol. The zero-order chi connectivity index (χ0) is 20.9. The molecular formula is C17H29N5O4S2. The Kier molecular flexibility index (Phi) is 7.29. The number of aliphatic imine (C=N–C) groups is 1. The Morgan fingerprint density at radius 3 is 2.64 bits per heavy atom. The van der Waals surface area contributed by atoms with Crippen LogP contribution in [0.5, 0.6) is 0 Å². The molecule has 1 fully saturated rings. The molecular weight excluding hydrogens is 402 g/mol. The molecule has 0 atom stereocenters. The molecule has 0 saturated carbocycles. The number of nitrogens with one attached hydrogen (secondary N) is 2. The molecule has 11 heteroatoms. The highest BCUT2D eigenvalue weighted by atomic mass is 32.2. The summed E-state index contributed by atoms with van der Waals surface area (Å²) in [5, 5.41) is 8.05. The summed E-state index contributed by atoms with van der Waals surface area (Å²) < 4.78 is 31.7. The highest BCUT2D eigenvalue weighted by Gasteiger charge is 2.34. The van der Waals surface area contributed by atoms with Crippen molar-refractivity contribution in [3.05, 3.63) is 17.5 Å². The quantitative estimate of drug-likeness (QED) is 0.517. The molecule has 28 heavy (non-hydrogen) atoms. The van der Waals surface area contributed by atoms with Crippen molar-refractivity contribution in [3.8, 4) is 0 Å². The van der Waals surface area contributed by atoms with Crippen molar-refractivity contribution < 1.29 is 17.9 Å². The number of hydrogen-bond acceptors (Lipinski definition) is 6. The summed E-state index contributed by atoms with van der Waals surface area (Å²) in [6, 6.07) is 3.39. The number of nitrogens with zero attached hydrogens (tertiary/aromatic N) is 3. The first-order chi connectivity index (χ1) is 13.0. The Hall–Kier alpha value is -1.85. The van der Waals surface area contributed by atoms with Crippen molar-refractivity contribution in [3.63, 3.8) is 0 Å². The average Bonchev–Trinajstić information content (AvgIpc) is 3.09. The van der Waals surface area contributed by atoms with Gasteiger partial charge in [0, 0.05) is 40.3 Å². The summed E-state index contributed by atoms with van der Waals surface area (Å²) in [5.41, 5.74) is -0.511. The minimum Gasteiger partial charge on any atom is -0.444 e. The van der Waals surface area contributed by atoms with Crippen LogP contribution in [0, 0.1) is 0 Å². The number of ether oxygens (including phenoxy) is 1. The van der Waals surface area contributed by atoms with Gasteiger partial charge >= 0.3 is 6.09 Å². The number of amides is 1. The number of carbonyl (C=O) groups excluding carboxylic acids is 1. The maximum absolute atomic E-state index is 12.4. The normalized spacial score (nSPS) is 16.1. The molecule has 1 amide bonds. The molecule has 1 aliphatic heterocycles. The van der Waals surface area contributed by atoms with Crippen LogP contribution in [-0.2, 0) is 14.8 Å². The lowest BCUT2D eigenvalue weighted by molar-refractivity contribution is 0.00701. The third kappa shape index (κ3) is 6.08. The molecule has 0 bridgehead atoms. The number of likely N-dealkylation sites (N-methyl/N-ethyl adjacent to an activating group) is 1. The van der Waals surface area contributed by atoms with E-state index in [2.05, 4.69) is 15.6 Å². The second-order valence-corrected chi connectivity index (χ2v) is 10.7. The van der Waals surface area contributed by atoms with Gasteiger partial charge in [0.25, 0.3) is 10.0 Å². The van der Waals surface area contributed by atoms with Crippen LogP contribution in [0.2, 0.25) is 0 Å². The summed E-state index contributed by atoms with van der Waals surface area (Å²) in [5.74, 6) is 0.566. The number of hydrogen-bond donors (Lipinski definition) is 2. The number of thiophene rings is 1. The topological polar surface area (TPSA) is 103 Å². The van der Waals surface area contributed by atoms with E-state index in [1.807, 2.05) is 20.8 Å². The predicted molar refractivity (Wildman–Crippen MR) is 110 cm³/mol. The molecule has 1 aliphatic rings. The van der Waals surface area contributed by atoms with E-state index in [9.17, 15) is 13.2 Å². The van der Waals surface area contributed by atoms with Gasteiger partial charge in [-0.3, -0.25) is 4.99 Å². The number of carbonyl (C=O) groups is 1. The highest BCUT2D eigenvalue weighted by Crippen LogP contribution is 2.19. The van der Waals surface area contributed by atoms with Crippen molar-refractivity contribution in [1.29, 1.82) is 0 Å². The molecule has 158 valence electrons. The fourth-order valence-electron chi connectivity index (χ4n) is 2.45. The Balaban J connectivity index is 1.72. The molecule has 1 saturated heterocycles. The summed E-state index contributed by atoms with van der Waals surface area (Å²) in [6.45, 7) is 7.27. The molecule has 9 nitrogen and oxygen atoms in total. The fourth-order valence-corrected chi connectivity index (χ4v) is 4.82. The third-order valence-corrected chi connectivity index (χ3v) is 7.21. The number of rotatable bonds is 6. The van der Waals surface area contributed by atoms with Crippen molar-refractivity contribution >= 4 is 33.4 Å². The predicted octanol–water partition coefficient (Wildman–Crippen LogP) is 1.15. The van der Waals surface area contributed by atoms with Crippen molar-refractivity contribution in [2.24, 2.45) is 4.99 Å². The standard InChI is InChI=1S/C17H29N5O4S2/c1-17(2,3)26-16(23)22-11-13(12-22)20-15(18-4)19-8-9-21(5)28(24,25)14-7-6-10-27-14/h6-7,10,13H,8-9,11-12H2,1-5H3,(H2,18,19,20). The van der Waals surface area contributed by atoms with Gasteiger partial charge in [-0.05, 0) is 32.2 Å². The van der Waals surface area contributed by atoms with Gasteiger partial charge in [0.15, 0.2) is 5.96 Å². The Bertz CT molecular complexity index is 781. The first-order valence-electron chi connectivity index (χ1n) is 8.98. The van der Waals surface area contributed by atoms with Crippen LogP contribution < -0.4 is 10.6 Å². The number of likely N-dealkylation sites (tertiary alicyclic amines) is 1. The fraction of sp³-hybridized carbons (Fsp3) is 0.647. The van der Waals surface area contributed by atoms with Crippen LogP contribution in [0.25, 0.3) is 0 Å². The molecule has 2 N–H and O–H groups in total. The monoisotopic (exact) mass is 431 g/mol. The lowest BCUT2D eigenvalue weighted by Crippen LogP contribution is -2.63. The number of sulfonamides is 1. The van der Waals surface area contributed by atoms with Crippen molar-refractivity contribution in [1.82, 2.24) is 19.8 Å². The van der Waals surface area contributed by atoms with Gasteiger partial charge in [-0.15, -0.1) is 11.3 Å². The molecule has 2 heterocycles. The highest BCUT2D eigenvalue weighted by molar-refractivity contribution is 7.91. The van der Waals surface area contributed by atoms with E-state index >= 15 is 0 Å². The second-order valence-electron chi connectivity index (χ2n) is 7.48. The van der Waals surface area contributed by atoms with E-state index in [1.165, 1.54) is 15.6 Å². The largest absolute Gasteiger partial charge is 0.444 e. The Labute approximate surface area is 170 Å². The minimum absolute atomic E-state index is 0.0753. The van der Waals surface area contributed by atoms with Crippen LogP contribution >= 0.6 is 11.3 Å². The molecule has 0 unspecified atom stereocenters. The van der Waals surface area contributed by atoms with Crippen molar-refractivity contribution in [2.75, 3.05) is 40.3 Å². The van der Waals surface area contributed by atoms with E-state index in [-0.39, 0.29) is 12.1 Å². The molecule has 1 aromatic heterocycles. The second kappa shape index (κ2) is 9.10. The SMILES string of the molecule is CN=C(NCCN(C)S(=O)(=O)c1cccs1)NC1CN(C(=O)OC(C)(C)C)C1. The Morgan fingerprint density at radius 1 is 1.43 bits per heavy atom. The molecule has 2 rings (SSSR count). The van der Waals surface area contributed by atoms with Crippen LogP contribution in [0.3, 0.4) is 0 Å². The van der Waals surface area contributed by atoms with Crippen molar-refractivity contribution in [2.45, 2.75) is 36.6 Å². The first-order valence-corrected chi connectivity index (χ1v) is 11.3. The van der Waals surface area contributed by atoms with E-state index in [4.69, 9.17) is 4.74 Å². The molecule has 0 aliphatic carbocycles. The van der Waals surface area contributed by atoms with E-state index in [1.54, 1.807) is 36.5 Å². The summed E-state index contributed by atoms with van der Waals surface area (Å²) >= 11 is 1.20. The molecule has 0 spiro atoms. The molecule has 0 aromatic carbocycles. The first kappa shape index (κ1) is 22.4. The number of guanidine groups is 1. The van der Waals surface area contributed by atoms with Crippen LogP contribution in [0.4, 0.5) is 4.79 Å². The van der Waals surface area contributed by atoms with Gasteiger partial charge in [0.2, 0.25) is 0 Å². The van der Waals surface area contributed by atoms with Crippen LogP contribution in [0.1, 0.15) is 20.8 Å². The van der Waals surface area contributed by atoms with Gasteiger partial charge in [-0.1, -0.05) is 6.07 Å². The molecule has 1 aromatic rings.